The van der Waals surface area contributed by atoms with Gasteiger partial charge in [-0.15, -0.1) is 0 Å². The van der Waals surface area contributed by atoms with Crippen molar-refractivity contribution in [2.24, 2.45) is 5.92 Å². The summed E-state index contributed by atoms with van der Waals surface area (Å²) >= 11 is 11.9. The topological polar surface area (TPSA) is 55.8 Å². The van der Waals surface area contributed by atoms with Gasteiger partial charge in [0.2, 0.25) is 0 Å². The van der Waals surface area contributed by atoms with Gasteiger partial charge in [0.15, 0.2) is 6.10 Å². The minimum Gasteiger partial charge on any atom is -0.479 e. The van der Waals surface area contributed by atoms with Gasteiger partial charge >= 0.3 is 5.97 Å². The zero-order valence-electron chi connectivity index (χ0n) is 13.8. The Morgan fingerprint density at radius 2 is 2.12 bits per heavy atom. The van der Waals surface area contributed by atoms with E-state index in [4.69, 9.17) is 32.7 Å². The molecule has 2 atom stereocenters. The Morgan fingerprint density at radius 3 is 2.79 bits per heavy atom. The number of nitrogens with zero attached hydrogens (tertiary/aromatic N) is 1. The summed E-state index contributed by atoms with van der Waals surface area (Å²) in [4.78, 5) is 26.1. The van der Waals surface area contributed by atoms with Crippen LogP contribution >= 0.6 is 23.2 Å². The normalized spacial score (nSPS) is 18.8. The molecular weight excluding hydrogens is 353 g/mol. The molecule has 1 fully saturated rings. The van der Waals surface area contributed by atoms with Crippen LogP contribution in [0.4, 0.5) is 0 Å². The summed E-state index contributed by atoms with van der Waals surface area (Å²) in [7, 11) is 0. The number of amides is 1. The van der Waals surface area contributed by atoms with Crippen molar-refractivity contribution in [2.75, 3.05) is 19.7 Å². The molecule has 0 N–H and O–H groups in total. The third-order valence-electron chi connectivity index (χ3n) is 3.90. The van der Waals surface area contributed by atoms with Crippen molar-refractivity contribution in [1.82, 2.24) is 4.90 Å². The molecule has 1 amide bonds. The number of esters is 1. The van der Waals surface area contributed by atoms with E-state index in [2.05, 4.69) is 0 Å². The molecular formula is C17H21Cl2NO4. The Kier molecular flexibility index (Phi) is 6.75. The fourth-order valence-electron chi connectivity index (χ4n) is 2.70. The monoisotopic (exact) mass is 373 g/mol. The number of likely N-dealkylation sites (tertiary alicyclic amines) is 1. The second kappa shape index (κ2) is 8.58. The number of rotatable bonds is 5. The maximum Gasteiger partial charge on any atom is 0.310 e. The molecule has 7 heteroatoms. The van der Waals surface area contributed by atoms with Gasteiger partial charge in [-0.25, -0.2) is 0 Å². The lowest BCUT2D eigenvalue weighted by Gasteiger charge is -2.33. The first-order valence-electron chi connectivity index (χ1n) is 7.99. The lowest BCUT2D eigenvalue weighted by Crippen LogP contribution is -2.47. The van der Waals surface area contributed by atoms with Crippen molar-refractivity contribution >= 4 is 35.1 Å². The fraction of sp³-hybridized carbons (Fsp3) is 0.529. The van der Waals surface area contributed by atoms with E-state index in [0.717, 1.165) is 12.8 Å². The van der Waals surface area contributed by atoms with Gasteiger partial charge in [-0.3, -0.25) is 9.59 Å². The average Bonchev–Trinajstić information content (AvgIpc) is 2.57. The highest BCUT2D eigenvalue weighted by atomic mass is 35.5. The summed E-state index contributed by atoms with van der Waals surface area (Å²) in [5, 5.41) is 0.852. The Hall–Kier alpha value is -1.46. The number of carbonyl (C=O) groups excluding carboxylic acids is 2. The Labute approximate surface area is 151 Å². The molecule has 1 heterocycles. The molecule has 1 aliphatic rings. The largest absolute Gasteiger partial charge is 0.479 e. The molecule has 0 spiro atoms. The highest BCUT2D eigenvalue weighted by Gasteiger charge is 2.32. The summed E-state index contributed by atoms with van der Waals surface area (Å²) < 4.78 is 10.7. The van der Waals surface area contributed by atoms with Crippen molar-refractivity contribution in [3.8, 4) is 5.75 Å². The van der Waals surface area contributed by atoms with E-state index >= 15 is 0 Å². The highest BCUT2D eigenvalue weighted by molar-refractivity contribution is 6.35. The van der Waals surface area contributed by atoms with Crippen LogP contribution in [-0.2, 0) is 14.3 Å². The number of carbonyl (C=O) groups is 2. The van der Waals surface area contributed by atoms with Crippen molar-refractivity contribution in [3.05, 3.63) is 28.2 Å². The van der Waals surface area contributed by atoms with Crippen LogP contribution in [0.1, 0.15) is 26.7 Å². The van der Waals surface area contributed by atoms with Crippen LogP contribution in [0.3, 0.4) is 0 Å². The Bertz CT molecular complexity index is 608. The van der Waals surface area contributed by atoms with Crippen LogP contribution in [-0.4, -0.2) is 42.6 Å². The average molecular weight is 374 g/mol. The predicted molar refractivity (Wildman–Crippen MR) is 92.5 cm³/mol. The Morgan fingerprint density at radius 1 is 1.38 bits per heavy atom. The maximum atomic E-state index is 12.6. The molecule has 24 heavy (non-hydrogen) atoms. The molecule has 5 nitrogen and oxygen atoms in total. The molecule has 1 saturated heterocycles. The molecule has 0 radical (unpaired) electrons. The smallest absolute Gasteiger partial charge is 0.310 e. The maximum absolute atomic E-state index is 12.6. The van der Waals surface area contributed by atoms with Crippen molar-refractivity contribution in [1.29, 1.82) is 0 Å². The molecule has 2 rings (SSSR count). The van der Waals surface area contributed by atoms with Gasteiger partial charge in [0.1, 0.15) is 5.75 Å². The van der Waals surface area contributed by atoms with E-state index in [1.807, 2.05) is 0 Å². The van der Waals surface area contributed by atoms with Crippen LogP contribution in [0.2, 0.25) is 10.0 Å². The molecule has 1 aromatic rings. The number of benzene rings is 1. The van der Waals surface area contributed by atoms with E-state index in [-0.39, 0.29) is 17.8 Å². The summed E-state index contributed by atoms with van der Waals surface area (Å²) in [5.41, 5.74) is 0. The standard InChI is InChI=1S/C17H21Cl2NO4/c1-3-23-17(22)12-5-4-8-20(10-12)16(21)11(2)24-15-7-6-13(18)9-14(15)19/h6-7,9,11-12H,3-5,8,10H2,1-2H3/t11-,12-/m1/s1. The number of halogens is 2. The minimum absolute atomic E-state index is 0.171. The number of ether oxygens (including phenoxy) is 2. The molecule has 132 valence electrons. The van der Waals surface area contributed by atoms with Crippen LogP contribution in [0.25, 0.3) is 0 Å². The quantitative estimate of drug-likeness (QED) is 0.740. The molecule has 0 bridgehead atoms. The summed E-state index contributed by atoms with van der Waals surface area (Å²) in [6, 6.07) is 4.84. The van der Waals surface area contributed by atoms with E-state index in [0.29, 0.717) is 35.5 Å². The van der Waals surface area contributed by atoms with Crippen molar-refractivity contribution in [2.45, 2.75) is 32.8 Å². The lowest BCUT2D eigenvalue weighted by atomic mass is 9.98. The molecule has 0 aliphatic carbocycles. The van der Waals surface area contributed by atoms with Crippen molar-refractivity contribution in [3.63, 3.8) is 0 Å². The van der Waals surface area contributed by atoms with E-state index in [1.165, 1.54) is 0 Å². The summed E-state index contributed by atoms with van der Waals surface area (Å²) in [5.74, 6) is -0.283. The lowest BCUT2D eigenvalue weighted by molar-refractivity contribution is -0.152. The summed E-state index contributed by atoms with van der Waals surface area (Å²) in [6.07, 6.45) is 0.800. The van der Waals surface area contributed by atoms with Crippen molar-refractivity contribution < 1.29 is 19.1 Å². The van der Waals surface area contributed by atoms with E-state index in [9.17, 15) is 9.59 Å². The second-order valence-electron chi connectivity index (χ2n) is 5.71. The minimum atomic E-state index is -0.704. The van der Waals surface area contributed by atoms with Crippen LogP contribution in [0, 0.1) is 5.92 Å². The second-order valence-corrected chi connectivity index (χ2v) is 6.55. The molecule has 1 aliphatic heterocycles. The van der Waals surface area contributed by atoms with Gasteiger partial charge < -0.3 is 14.4 Å². The van der Waals surface area contributed by atoms with E-state index < -0.39 is 6.10 Å². The van der Waals surface area contributed by atoms with Crippen LogP contribution < -0.4 is 4.74 Å². The highest BCUT2D eigenvalue weighted by Crippen LogP contribution is 2.29. The number of hydrogen-bond donors (Lipinski definition) is 0. The van der Waals surface area contributed by atoms with Crippen LogP contribution in [0.15, 0.2) is 18.2 Å². The molecule has 1 aromatic carbocycles. The molecule has 0 aromatic heterocycles. The zero-order chi connectivity index (χ0) is 17.7. The zero-order valence-corrected chi connectivity index (χ0v) is 15.3. The van der Waals surface area contributed by atoms with Gasteiger partial charge in [0.25, 0.3) is 5.91 Å². The fourth-order valence-corrected chi connectivity index (χ4v) is 3.15. The van der Waals surface area contributed by atoms with Gasteiger partial charge in [0.05, 0.1) is 17.5 Å². The third kappa shape index (κ3) is 4.77. The third-order valence-corrected chi connectivity index (χ3v) is 4.43. The van der Waals surface area contributed by atoms with E-state index in [1.54, 1.807) is 36.9 Å². The van der Waals surface area contributed by atoms with Gasteiger partial charge in [-0.2, -0.15) is 0 Å². The number of hydrogen-bond acceptors (Lipinski definition) is 4. The molecule has 0 unspecified atom stereocenters. The number of piperidine rings is 1. The predicted octanol–water partition coefficient (Wildman–Crippen LogP) is 3.56. The summed E-state index contributed by atoms with van der Waals surface area (Å²) in [6.45, 7) is 4.75. The van der Waals surface area contributed by atoms with Gasteiger partial charge in [0, 0.05) is 18.1 Å². The Balaban J connectivity index is 1.98. The first-order chi connectivity index (χ1) is 11.4. The first-order valence-corrected chi connectivity index (χ1v) is 8.75. The van der Waals surface area contributed by atoms with Crippen LogP contribution in [0.5, 0.6) is 5.75 Å². The van der Waals surface area contributed by atoms with Gasteiger partial charge in [-0.1, -0.05) is 23.2 Å². The first kappa shape index (κ1) is 18.9. The van der Waals surface area contributed by atoms with Gasteiger partial charge in [-0.05, 0) is 44.9 Å². The SMILES string of the molecule is CCOC(=O)[C@@H]1CCCN(C(=O)[C@@H](C)Oc2ccc(Cl)cc2Cl)C1. The molecule has 0 saturated carbocycles.